The van der Waals surface area contributed by atoms with Crippen LogP contribution >= 0.6 is 0 Å². The Morgan fingerprint density at radius 3 is 2.88 bits per heavy atom. The van der Waals surface area contributed by atoms with Gasteiger partial charge in [-0.3, -0.25) is 4.79 Å². The van der Waals surface area contributed by atoms with E-state index in [-0.39, 0.29) is 17.3 Å². The summed E-state index contributed by atoms with van der Waals surface area (Å²) in [6.45, 7) is 2.60. The molecule has 3 nitrogen and oxygen atoms in total. The summed E-state index contributed by atoms with van der Waals surface area (Å²) in [7, 11) is 0. The summed E-state index contributed by atoms with van der Waals surface area (Å²) in [5.41, 5.74) is 0.765. The van der Waals surface area contributed by atoms with Crippen LogP contribution in [-0.2, 0) is 4.74 Å². The van der Waals surface area contributed by atoms with Gasteiger partial charge in [0.2, 0.25) is 0 Å². The molecule has 1 aromatic rings. The van der Waals surface area contributed by atoms with Crippen molar-refractivity contribution in [1.82, 2.24) is 0 Å². The zero-order chi connectivity index (χ0) is 11.9. The fraction of sp³-hybridized carbons (Fsp3) is 0.643. The van der Waals surface area contributed by atoms with Crippen molar-refractivity contribution in [3.63, 3.8) is 0 Å². The topological polar surface area (TPSA) is 39.4 Å². The molecule has 0 radical (unpaired) electrons. The van der Waals surface area contributed by atoms with Gasteiger partial charge < -0.3 is 9.15 Å². The Balaban J connectivity index is 1.73. The lowest BCUT2D eigenvalue weighted by atomic mass is 9.70. The summed E-state index contributed by atoms with van der Waals surface area (Å²) in [6, 6.07) is 1.84. The summed E-state index contributed by atoms with van der Waals surface area (Å²) in [6.07, 6.45) is 6.83. The van der Waals surface area contributed by atoms with Gasteiger partial charge in [0.15, 0.2) is 5.78 Å². The number of aryl methyl sites for hydroxylation is 1. The van der Waals surface area contributed by atoms with Crippen LogP contribution in [0.1, 0.15) is 48.2 Å². The van der Waals surface area contributed by atoms with Crippen LogP contribution in [0.4, 0.5) is 0 Å². The molecular weight excluding hydrogens is 216 g/mol. The van der Waals surface area contributed by atoms with Gasteiger partial charge in [-0.05, 0) is 45.1 Å². The molecule has 2 aliphatic rings. The Labute approximate surface area is 101 Å². The molecule has 1 saturated carbocycles. The van der Waals surface area contributed by atoms with Crippen molar-refractivity contribution >= 4 is 5.78 Å². The minimum absolute atomic E-state index is 0.0390. The highest BCUT2D eigenvalue weighted by Crippen LogP contribution is 2.44. The van der Waals surface area contributed by atoms with E-state index < -0.39 is 0 Å². The maximum Gasteiger partial charge on any atom is 0.169 e. The van der Waals surface area contributed by atoms with E-state index in [1.807, 2.05) is 13.0 Å². The average molecular weight is 234 g/mol. The minimum Gasteiger partial charge on any atom is -0.469 e. The first-order valence-electron chi connectivity index (χ1n) is 6.42. The van der Waals surface area contributed by atoms with E-state index in [0.717, 1.165) is 43.6 Å². The van der Waals surface area contributed by atoms with Gasteiger partial charge in [0.25, 0.3) is 0 Å². The fourth-order valence-corrected chi connectivity index (χ4v) is 2.98. The van der Waals surface area contributed by atoms with Crippen molar-refractivity contribution in [2.75, 3.05) is 6.61 Å². The molecule has 17 heavy (non-hydrogen) atoms. The molecule has 3 rings (SSSR count). The summed E-state index contributed by atoms with van der Waals surface area (Å²) in [5, 5.41) is 0. The van der Waals surface area contributed by atoms with E-state index in [0.29, 0.717) is 0 Å². The number of hydrogen-bond donors (Lipinski definition) is 0. The van der Waals surface area contributed by atoms with E-state index in [2.05, 4.69) is 0 Å². The largest absolute Gasteiger partial charge is 0.469 e. The SMILES string of the molecule is Cc1cc(C(=O)C2CCOC3(CCC3)C2)co1. The molecule has 0 aromatic carbocycles. The van der Waals surface area contributed by atoms with Crippen LogP contribution in [0.2, 0.25) is 0 Å². The summed E-state index contributed by atoms with van der Waals surface area (Å²) in [4.78, 5) is 12.3. The first kappa shape index (κ1) is 11.0. The molecule has 1 aliphatic carbocycles. The van der Waals surface area contributed by atoms with Gasteiger partial charge in [0.05, 0.1) is 11.2 Å². The van der Waals surface area contributed by atoms with Crippen LogP contribution in [0.3, 0.4) is 0 Å². The molecule has 0 amide bonds. The molecule has 92 valence electrons. The Hall–Kier alpha value is -1.09. The zero-order valence-corrected chi connectivity index (χ0v) is 10.2. The van der Waals surface area contributed by atoms with Crippen LogP contribution in [0, 0.1) is 12.8 Å². The number of carbonyl (C=O) groups is 1. The zero-order valence-electron chi connectivity index (χ0n) is 10.2. The molecule has 1 aliphatic heterocycles. The van der Waals surface area contributed by atoms with Crippen LogP contribution in [0.5, 0.6) is 0 Å². The number of ketones is 1. The fourth-order valence-electron chi connectivity index (χ4n) is 2.98. The van der Waals surface area contributed by atoms with E-state index in [9.17, 15) is 4.79 Å². The van der Waals surface area contributed by atoms with Crippen LogP contribution in [0.15, 0.2) is 16.7 Å². The van der Waals surface area contributed by atoms with Gasteiger partial charge in [0, 0.05) is 12.5 Å². The molecule has 0 N–H and O–H groups in total. The van der Waals surface area contributed by atoms with Crippen molar-refractivity contribution in [1.29, 1.82) is 0 Å². The molecule has 1 unspecified atom stereocenters. The van der Waals surface area contributed by atoms with Gasteiger partial charge in [-0.25, -0.2) is 0 Å². The lowest BCUT2D eigenvalue weighted by molar-refractivity contribution is -0.137. The smallest absolute Gasteiger partial charge is 0.169 e. The van der Waals surface area contributed by atoms with Crippen molar-refractivity contribution in [3.05, 3.63) is 23.7 Å². The molecule has 3 heteroatoms. The van der Waals surface area contributed by atoms with Crippen molar-refractivity contribution < 1.29 is 13.9 Å². The first-order chi connectivity index (χ1) is 8.19. The molecule has 1 saturated heterocycles. The Morgan fingerprint density at radius 2 is 2.29 bits per heavy atom. The molecule has 1 aromatic heterocycles. The Morgan fingerprint density at radius 1 is 1.47 bits per heavy atom. The number of Topliss-reactive ketones (excluding diaryl/α,β-unsaturated/α-hetero) is 1. The summed E-state index contributed by atoms with van der Waals surface area (Å²) >= 11 is 0. The molecule has 2 heterocycles. The van der Waals surface area contributed by atoms with Gasteiger partial charge >= 0.3 is 0 Å². The van der Waals surface area contributed by atoms with Crippen molar-refractivity contribution in [3.8, 4) is 0 Å². The third-order valence-corrected chi connectivity index (χ3v) is 4.14. The van der Waals surface area contributed by atoms with Gasteiger partial charge in [0.1, 0.15) is 12.0 Å². The monoisotopic (exact) mass is 234 g/mol. The predicted octanol–water partition coefficient (Wildman–Crippen LogP) is 3.12. The number of hydrogen-bond acceptors (Lipinski definition) is 3. The molecule has 1 spiro atoms. The standard InChI is InChI=1S/C14H18O3/c1-10-7-12(9-16-10)13(15)11-3-6-17-14(8-11)4-2-5-14/h7,9,11H,2-6,8H2,1H3. The highest BCUT2D eigenvalue weighted by molar-refractivity contribution is 5.97. The van der Waals surface area contributed by atoms with Crippen LogP contribution in [-0.4, -0.2) is 18.0 Å². The Kier molecular flexibility index (Phi) is 2.58. The van der Waals surface area contributed by atoms with Crippen LogP contribution in [0.25, 0.3) is 0 Å². The maximum absolute atomic E-state index is 12.3. The number of rotatable bonds is 2. The molecule has 0 bridgehead atoms. The van der Waals surface area contributed by atoms with E-state index in [4.69, 9.17) is 9.15 Å². The summed E-state index contributed by atoms with van der Waals surface area (Å²) < 4.78 is 11.1. The number of furan rings is 1. The van der Waals surface area contributed by atoms with E-state index in [1.54, 1.807) is 6.26 Å². The maximum atomic E-state index is 12.3. The number of ether oxygens (including phenoxy) is 1. The van der Waals surface area contributed by atoms with Gasteiger partial charge in [-0.15, -0.1) is 0 Å². The van der Waals surface area contributed by atoms with Gasteiger partial charge in [-0.1, -0.05) is 0 Å². The lowest BCUT2D eigenvalue weighted by Crippen LogP contribution is -2.47. The summed E-state index contributed by atoms with van der Waals surface area (Å²) in [5.74, 6) is 1.16. The van der Waals surface area contributed by atoms with E-state index >= 15 is 0 Å². The average Bonchev–Trinajstić information content (AvgIpc) is 2.73. The molecule has 2 fully saturated rings. The Bertz CT molecular complexity index is 428. The van der Waals surface area contributed by atoms with Crippen LogP contribution < -0.4 is 0 Å². The van der Waals surface area contributed by atoms with Crippen molar-refractivity contribution in [2.24, 2.45) is 5.92 Å². The predicted molar refractivity (Wildman–Crippen MR) is 63.0 cm³/mol. The highest BCUT2D eigenvalue weighted by atomic mass is 16.5. The normalized spacial score (nSPS) is 26.8. The van der Waals surface area contributed by atoms with E-state index in [1.165, 1.54) is 6.42 Å². The third-order valence-electron chi connectivity index (χ3n) is 4.14. The molecular formula is C14H18O3. The van der Waals surface area contributed by atoms with Crippen molar-refractivity contribution in [2.45, 2.75) is 44.6 Å². The second-order valence-electron chi connectivity index (χ2n) is 5.39. The minimum atomic E-state index is 0.0390. The number of carbonyl (C=O) groups excluding carboxylic acids is 1. The second-order valence-corrected chi connectivity index (χ2v) is 5.39. The highest BCUT2D eigenvalue weighted by Gasteiger charge is 2.44. The first-order valence-corrected chi connectivity index (χ1v) is 6.42. The lowest BCUT2D eigenvalue weighted by Gasteiger charge is -2.46. The quantitative estimate of drug-likeness (QED) is 0.738. The van der Waals surface area contributed by atoms with Gasteiger partial charge in [-0.2, -0.15) is 0 Å². The second kappa shape index (κ2) is 3.98. The molecule has 1 atom stereocenters. The third kappa shape index (κ3) is 1.93.